The van der Waals surface area contributed by atoms with Crippen molar-refractivity contribution in [3.63, 3.8) is 0 Å². The normalized spacial score (nSPS) is 12.6. The van der Waals surface area contributed by atoms with Crippen molar-refractivity contribution in [3.8, 4) is 0 Å². The van der Waals surface area contributed by atoms with Crippen molar-refractivity contribution < 1.29 is 13.2 Å². The maximum atomic E-state index is 12.4. The zero-order chi connectivity index (χ0) is 17.7. The van der Waals surface area contributed by atoms with Crippen molar-refractivity contribution in [2.45, 2.75) is 29.8 Å². The van der Waals surface area contributed by atoms with Crippen LogP contribution in [0.25, 0.3) is 0 Å². The van der Waals surface area contributed by atoms with E-state index in [0.717, 1.165) is 16.3 Å². The van der Waals surface area contributed by atoms with E-state index in [0.29, 0.717) is 5.56 Å². The summed E-state index contributed by atoms with van der Waals surface area (Å²) < 4.78 is 23.0. The van der Waals surface area contributed by atoms with Crippen LogP contribution in [0.5, 0.6) is 0 Å². The highest BCUT2D eigenvalue weighted by atomic mass is 32.2. The minimum atomic E-state index is -3.22. The molecule has 1 heterocycles. The van der Waals surface area contributed by atoms with Gasteiger partial charge < -0.3 is 5.32 Å². The highest BCUT2D eigenvalue weighted by Gasteiger charge is 2.13. The van der Waals surface area contributed by atoms with Gasteiger partial charge in [-0.3, -0.25) is 4.79 Å². The molecule has 7 heteroatoms. The molecule has 0 aliphatic rings. The molecular weight excluding hydrogens is 344 g/mol. The fourth-order valence-corrected chi connectivity index (χ4v) is 3.42. The molecule has 1 atom stereocenters. The number of hydrogen-bond acceptors (Lipinski definition) is 5. The van der Waals surface area contributed by atoms with Gasteiger partial charge in [0.1, 0.15) is 0 Å². The standard InChI is InChI=1S/C17H20N2O3S2/c1-4-23-16-11-14(9-10-18-16)17(20)19-12(2)13-5-7-15(8-6-13)24(3,21)22/h5-12H,4H2,1-3H3,(H,19,20)/t12-/m0/s1. The Bertz CT molecular complexity index is 818. The lowest BCUT2D eigenvalue weighted by Gasteiger charge is -2.15. The molecule has 0 saturated heterocycles. The zero-order valence-electron chi connectivity index (χ0n) is 13.8. The van der Waals surface area contributed by atoms with E-state index in [1.165, 1.54) is 6.26 Å². The van der Waals surface area contributed by atoms with Crippen molar-refractivity contribution in [2.24, 2.45) is 0 Å². The average Bonchev–Trinajstić information content (AvgIpc) is 2.54. The first-order valence-corrected chi connectivity index (χ1v) is 10.4. The highest BCUT2D eigenvalue weighted by Crippen LogP contribution is 2.18. The fraction of sp³-hybridized carbons (Fsp3) is 0.294. The molecule has 0 aliphatic carbocycles. The van der Waals surface area contributed by atoms with Gasteiger partial charge in [-0.05, 0) is 42.5 Å². The largest absolute Gasteiger partial charge is 0.346 e. The van der Waals surface area contributed by atoms with Crippen LogP contribution in [0, 0.1) is 0 Å². The number of aromatic nitrogens is 1. The Morgan fingerprint density at radius 1 is 1.25 bits per heavy atom. The quantitative estimate of drug-likeness (QED) is 0.797. The maximum absolute atomic E-state index is 12.4. The summed E-state index contributed by atoms with van der Waals surface area (Å²) >= 11 is 1.58. The van der Waals surface area contributed by atoms with Crippen molar-refractivity contribution >= 4 is 27.5 Å². The Labute approximate surface area is 146 Å². The summed E-state index contributed by atoms with van der Waals surface area (Å²) in [7, 11) is -3.22. The number of benzene rings is 1. The van der Waals surface area contributed by atoms with E-state index in [2.05, 4.69) is 10.3 Å². The third-order valence-electron chi connectivity index (χ3n) is 3.45. The molecule has 5 nitrogen and oxygen atoms in total. The summed E-state index contributed by atoms with van der Waals surface area (Å²) in [6.45, 7) is 3.89. The van der Waals surface area contributed by atoms with Crippen LogP contribution in [0.1, 0.15) is 35.8 Å². The number of pyridine rings is 1. The Morgan fingerprint density at radius 3 is 2.50 bits per heavy atom. The van der Waals surface area contributed by atoms with E-state index in [1.54, 1.807) is 54.4 Å². The summed E-state index contributed by atoms with van der Waals surface area (Å²) in [4.78, 5) is 16.8. The maximum Gasteiger partial charge on any atom is 0.251 e. The van der Waals surface area contributed by atoms with Crippen LogP contribution in [-0.4, -0.2) is 31.3 Å². The Kier molecular flexibility index (Phi) is 6.01. The van der Waals surface area contributed by atoms with Gasteiger partial charge in [0.05, 0.1) is 16.0 Å². The van der Waals surface area contributed by atoms with Gasteiger partial charge in [0.15, 0.2) is 9.84 Å². The summed E-state index contributed by atoms with van der Waals surface area (Å²) in [5.74, 6) is 0.705. The number of rotatable bonds is 6. The second-order valence-electron chi connectivity index (χ2n) is 5.35. The van der Waals surface area contributed by atoms with Gasteiger partial charge in [-0.2, -0.15) is 0 Å². The molecule has 2 aromatic rings. The van der Waals surface area contributed by atoms with Gasteiger partial charge in [-0.1, -0.05) is 19.1 Å². The predicted molar refractivity (Wildman–Crippen MR) is 96.1 cm³/mol. The lowest BCUT2D eigenvalue weighted by Crippen LogP contribution is -2.26. The number of thioether (sulfide) groups is 1. The lowest BCUT2D eigenvalue weighted by molar-refractivity contribution is 0.0939. The molecule has 0 fully saturated rings. The number of carbonyl (C=O) groups is 1. The summed E-state index contributed by atoms with van der Waals surface area (Å²) in [6.07, 6.45) is 2.79. The van der Waals surface area contributed by atoms with Gasteiger partial charge >= 0.3 is 0 Å². The number of carbonyl (C=O) groups excluding carboxylic acids is 1. The van der Waals surface area contributed by atoms with Crippen LogP contribution in [0.4, 0.5) is 0 Å². The van der Waals surface area contributed by atoms with Crippen LogP contribution in [0.3, 0.4) is 0 Å². The molecule has 0 radical (unpaired) electrons. The lowest BCUT2D eigenvalue weighted by atomic mass is 10.1. The summed E-state index contributed by atoms with van der Waals surface area (Å²) in [6, 6.07) is 9.74. The molecule has 0 spiro atoms. The SMILES string of the molecule is CCSc1cc(C(=O)N[C@@H](C)c2ccc(S(C)(=O)=O)cc2)ccn1. The Morgan fingerprint density at radius 2 is 1.92 bits per heavy atom. The molecule has 1 N–H and O–H groups in total. The van der Waals surface area contributed by atoms with Crippen molar-refractivity contribution in [1.29, 1.82) is 0 Å². The molecule has 0 bridgehead atoms. The minimum Gasteiger partial charge on any atom is -0.346 e. The number of hydrogen-bond donors (Lipinski definition) is 1. The van der Waals surface area contributed by atoms with E-state index in [4.69, 9.17) is 0 Å². The van der Waals surface area contributed by atoms with Gasteiger partial charge in [0.2, 0.25) is 0 Å². The van der Waals surface area contributed by atoms with Crippen LogP contribution < -0.4 is 5.32 Å². The van der Waals surface area contributed by atoms with Gasteiger partial charge in [0, 0.05) is 18.0 Å². The molecular formula is C17H20N2O3S2. The first-order valence-electron chi connectivity index (χ1n) is 7.51. The third kappa shape index (κ3) is 4.82. The average molecular weight is 364 g/mol. The number of amides is 1. The van der Waals surface area contributed by atoms with Crippen LogP contribution in [0.2, 0.25) is 0 Å². The van der Waals surface area contributed by atoms with Gasteiger partial charge in [-0.15, -0.1) is 11.8 Å². The van der Waals surface area contributed by atoms with Crippen molar-refractivity contribution in [2.75, 3.05) is 12.0 Å². The van der Waals surface area contributed by atoms with E-state index in [1.807, 2.05) is 13.8 Å². The Hall–Kier alpha value is -1.86. The highest BCUT2D eigenvalue weighted by molar-refractivity contribution is 7.99. The van der Waals surface area contributed by atoms with E-state index < -0.39 is 9.84 Å². The molecule has 0 unspecified atom stereocenters. The Balaban J connectivity index is 2.10. The summed E-state index contributed by atoms with van der Waals surface area (Å²) in [5, 5.41) is 3.73. The van der Waals surface area contributed by atoms with Gasteiger partial charge in [0.25, 0.3) is 5.91 Å². The minimum absolute atomic E-state index is 0.185. The topological polar surface area (TPSA) is 76.1 Å². The van der Waals surface area contributed by atoms with E-state index >= 15 is 0 Å². The number of nitrogens with zero attached hydrogens (tertiary/aromatic N) is 1. The van der Waals surface area contributed by atoms with E-state index in [9.17, 15) is 13.2 Å². The third-order valence-corrected chi connectivity index (χ3v) is 5.38. The monoisotopic (exact) mass is 364 g/mol. The van der Waals surface area contributed by atoms with Crippen molar-refractivity contribution in [1.82, 2.24) is 10.3 Å². The van der Waals surface area contributed by atoms with Crippen LogP contribution in [0.15, 0.2) is 52.5 Å². The number of sulfone groups is 1. The molecule has 24 heavy (non-hydrogen) atoms. The van der Waals surface area contributed by atoms with Gasteiger partial charge in [-0.25, -0.2) is 13.4 Å². The molecule has 1 aromatic heterocycles. The molecule has 0 aliphatic heterocycles. The number of nitrogens with one attached hydrogen (secondary N) is 1. The molecule has 128 valence electrons. The van der Waals surface area contributed by atoms with Crippen molar-refractivity contribution in [3.05, 3.63) is 53.7 Å². The second-order valence-corrected chi connectivity index (χ2v) is 8.65. The van der Waals surface area contributed by atoms with Crippen LogP contribution in [-0.2, 0) is 9.84 Å². The smallest absolute Gasteiger partial charge is 0.251 e. The summed E-state index contributed by atoms with van der Waals surface area (Å²) in [5.41, 5.74) is 1.40. The van der Waals surface area contributed by atoms with E-state index in [-0.39, 0.29) is 16.8 Å². The molecule has 1 amide bonds. The fourth-order valence-electron chi connectivity index (χ4n) is 2.14. The first kappa shape index (κ1) is 18.5. The molecule has 2 rings (SSSR count). The predicted octanol–water partition coefficient (Wildman–Crippen LogP) is 3.09. The zero-order valence-corrected chi connectivity index (χ0v) is 15.4. The molecule has 1 aromatic carbocycles. The molecule has 0 saturated carbocycles. The second kappa shape index (κ2) is 7.81. The van der Waals surface area contributed by atoms with Crippen LogP contribution >= 0.6 is 11.8 Å². The first-order chi connectivity index (χ1) is 11.3.